The van der Waals surface area contributed by atoms with Crippen molar-refractivity contribution in [3.63, 3.8) is 0 Å². The quantitative estimate of drug-likeness (QED) is 0.592. The maximum atomic E-state index is 14.2. The molecule has 0 N–H and O–H groups in total. The molecule has 0 atom stereocenters. The van der Waals surface area contributed by atoms with Crippen molar-refractivity contribution < 1.29 is 8.78 Å². The summed E-state index contributed by atoms with van der Waals surface area (Å²) in [4.78, 5) is 0.826. The summed E-state index contributed by atoms with van der Waals surface area (Å²) in [6.45, 7) is 14.1. The molecule has 0 aromatic carbocycles. The molecule has 19 heavy (non-hydrogen) atoms. The van der Waals surface area contributed by atoms with Crippen molar-refractivity contribution in [2.75, 3.05) is 0 Å². The molecule has 0 saturated carbocycles. The molecule has 0 radical (unpaired) electrons. The molecular weight excluding hydrogens is 262 g/mol. The molecule has 1 aromatic heterocycles. The summed E-state index contributed by atoms with van der Waals surface area (Å²) in [6.07, 6.45) is 3.10. The number of allylic oxidation sites excluding steroid dienone is 2. The third-order valence-corrected chi connectivity index (χ3v) is 3.87. The fraction of sp³-hybridized carbons (Fsp3) is 0.250. The van der Waals surface area contributed by atoms with Gasteiger partial charge in [0, 0.05) is 11.1 Å². The van der Waals surface area contributed by atoms with Crippen LogP contribution in [-0.4, -0.2) is 0 Å². The van der Waals surface area contributed by atoms with Gasteiger partial charge in [0.25, 0.3) is 0 Å². The molecule has 0 aliphatic rings. The van der Waals surface area contributed by atoms with Crippen molar-refractivity contribution in [3.05, 3.63) is 45.2 Å². The van der Waals surface area contributed by atoms with E-state index < -0.39 is 0 Å². The summed E-state index contributed by atoms with van der Waals surface area (Å²) in [7, 11) is 0. The predicted molar refractivity (Wildman–Crippen MR) is 83.3 cm³/mol. The van der Waals surface area contributed by atoms with E-state index in [2.05, 4.69) is 13.2 Å². The second kappa shape index (κ2) is 6.11. The Morgan fingerprint density at radius 1 is 0.842 bits per heavy atom. The van der Waals surface area contributed by atoms with Crippen LogP contribution in [0.1, 0.15) is 48.6 Å². The molecule has 1 heterocycles. The van der Waals surface area contributed by atoms with Gasteiger partial charge in [-0.05, 0) is 38.8 Å². The molecule has 1 rings (SSSR count). The zero-order chi connectivity index (χ0) is 14.7. The fourth-order valence-electron chi connectivity index (χ4n) is 1.64. The number of rotatable bonds is 4. The van der Waals surface area contributed by atoms with E-state index in [1.807, 2.05) is 0 Å². The minimum atomic E-state index is -0.323. The normalized spacial score (nSPS) is 10.0. The summed E-state index contributed by atoms with van der Waals surface area (Å²) < 4.78 is 28.3. The maximum absolute atomic E-state index is 14.2. The van der Waals surface area contributed by atoms with E-state index in [0.717, 1.165) is 11.3 Å². The van der Waals surface area contributed by atoms with Crippen LogP contribution in [-0.2, 0) is 0 Å². The summed E-state index contributed by atoms with van der Waals surface area (Å²) in [5.41, 5.74) is 2.32. The lowest BCUT2D eigenvalue weighted by atomic mass is 10.1. The van der Waals surface area contributed by atoms with E-state index in [-0.39, 0.29) is 11.7 Å². The summed E-state index contributed by atoms with van der Waals surface area (Å²) in [6, 6.07) is 0. The minimum absolute atomic E-state index is 0.323. The van der Waals surface area contributed by atoms with Crippen molar-refractivity contribution in [3.8, 4) is 0 Å². The van der Waals surface area contributed by atoms with Gasteiger partial charge in [-0.3, -0.25) is 0 Å². The van der Waals surface area contributed by atoms with Crippen LogP contribution in [0, 0.1) is 0 Å². The van der Waals surface area contributed by atoms with E-state index in [1.54, 1.807) is 39.8 Å². The van der Waals surface area contributed by atoms with Gasteiger partial charge in [0.1, 0.15) is 11.7 Å². The molecule has 0 saturated heterocycles. The van der Waals surface area contributed by atoms with Gasteiger partial charge in [-0.1, -0.05) is 25.3 Å². The lowest BCUT2D eigenvalue weighted by Crippen LogP contribution is -1.83. The third-order valence-electron chi connectivity index (χ3n) is 2.67. The van der Waals surface area contributed by atoms with Gasteiger partial charge in [-0.15, -0.1) is 11.3 Å². The smallest absolute Gasteiger partial charge is 0.139 e. The third kappa shape index (κ3) is 2.92. The van der Waals surface area contributed by atoms with Crippen molar-refractivity contribution in [1.82, 2.24) is 0 Å². The van der Waals surface area contributed by atoms with Gasteiger partial charge in [0.05, 0.1) is 9.75 Å². The number of hydrogen-bond donors (Lipinski definition) is 0. The predicted octanol–water partition coefficient (Wildman–Crippen LogP) is 6.47. The first kappa shape index (κ1) is 15.6. The average Bonchev–Trinajstić information content (AvgIpc) is 2.74. The van der Waals surface area contributed by atoms with Gasteiger partial charge in [0.15, 0.2) is 0 Å². The standard InChI is InChI=1S/C16H18F2S/c1-7-11-12(8-2)16(14(18)10(5)6)19-15(11)13(17)9(3)4/h7-8H,1-2H2,3-6H3. The van der Waals surface area contributed by atoms with E-state index in [9.17, 15) is 8.78 Å². The van der Waals surface area contributed by atoms with Crippen LogP contribution in [0.4, 0.5) is 8.78 Å². The molecule has 0 nitrogen and oxygen atoms in total. The molecule has 0 aliphatic heterocycles. The lowest BCUT2D eigenvalue weighted by molar-refractivity contribution is 0.753. The van der Waals surface area contributed by atoms with Crippen LogP contribution in [0.25, 0.3) is 23.8 Å². The SMILES string of the molecule is C=Cc1c(C(F)=C(C)C)sc(C(F)=C(C)C)c1C=C. The highest BCUT2D eigenvalue weighted by molar-refractivity contribution is 7.14. The van der Waals surface area contributed by atoms with Crippen LogP contribution in [0.2, 0.25) is 0 Å². The van der Waals surface area contributed by atoms with Crippen molar-refractivity contribution in [2.24, 2.45) is 0 Å². The topological polar surface area (TPSA) is 0 Å². The molecule has 0 spiro atoms. The van der Waals surface area contributed by atoms with Gasteiger partial charge in [-0.25, -0.2) is 8.78 Å². The Morgan fingerprint density at radius 2 is 1.16 bits per heavy atom. The van der Waals surface area contributed by atoms with Crippen molar-refractivity contribution >= 4 is 35.1 Å². The van der Waals surface area contributed by atoms with E-state index >= 15 is 0 Å². The summed E-state index contributed by atoms with van der Waals surface area (Å²) in [5.74, 6) is -0.647. The molecule has 102 valence electrons. The molecular formula is C16H18F2S. The summed E-state index contributed by atoms with van der Waals surface area (Å²) >= 11 is 1.10. The molecule has 0 aliphatic carbocycles. The Morgan fingerprint density at radius 3 is 1.37 bits per heavy atom. The highest BCUT2D eigenvalue weighted by atomic mass is 32.1. The van der Waals surface area contributed by atoms with Crippen LogP contribution in [0.5, 0.6) is 0 Å². The van der Waals surface area contributed by atoms with E-state index in [1.165, 1.54) is 0 Å². The van der Waals surface area contributed by atoms with Crippen LogP contribution < -0.4 is 0 Å². The molecule has 0 unspecified atom stereocenters. The van der Waals surface area contributed by atoms with Gasteiger partial charge < -0.3 is 0 Å². The second-order valence-corrected chi connectivity index (χ2v) is 5.64. The van der Waals surface area contributed by atoms with Crippen LogP contribution in [0.15, 0.2) is 24.3 Å². The monoisotopic (exact) mass is 280 g/mol. The minimum Gasteiger partial charge on any atom is -0.205 e. The highest BCUT2D eigenvalue weighted by Gasteiger charge is 2.20. The maximum Gasteiger partial charge on any atom is 0.139 e. The largest absolute Gasteiger partial charge is 0.205 e. The van der Waals surface area contributed by atoms with E-state index in [4.69, 9.17) is 0 Å². The van der Waals surface area contributed by atoms with Crippen molar-refractivity contribution in [1.29, 1.82) is 0 Å². The zero-order valence-corrected chi connectivity index (χ0v) is 12.5. The van der Waals surface area contributed by atoms with Gasteiger partial charge in [0.2, 0.25) is 0 Å². The molecule has 0 amide bonds. The Hall–Kier alpha value is -1.48. The second-order valence-electron chi connectivity index (χ2n) is 4.62. The van der Waals surface area contributed by atoms with Crippen LogP contribution in [0.3, 0.4) is 0 Å². The number of halogens is 2. The van der Waals surface area contributed by atoms with Gasteiger partial charge >= 0.3 is 0 Å². The number of thiophene rings is 1. The molecule has 3 heteroatoms. The number of hydrogen-bond acceptors (Lipinski definition) is 1. The molecule has 0 fully saturated rings. The first-order chi connectivity index (χ1) is 8.84. The average molecular weight is 280 g/mol. The first-order valence-corrected chi connectivity index (χ1v) is 6.75. The van der Waals surface area contributed by atoms with Gasteiger partial charge in [-0.2, -0.15) is 0 Å². The Labute approximate surface area is 117 Å². The Kier molecular flexibility index (Phi) is 5.01. The van der Waals surface area contributed by atoms with Crippen molar-refractivity contribution in [2.45, 2.75) is 27.7 Å². The molecule has 0 bridgehead atoms. The zero-order valence-electron chi connectivity index (χ0n) is 11.7. The van der Waals surface area contributed by atoms with Crippen LogP contribution >= 0.6 is 11.3 Å². The Bertz CT molecular complexity index is 528. The first-order valence-electron chi connectivity index (χ1n) is 5.93. The Balaban J connectivity index is 3.72. The highest BCUT2D eigenvalue weighted by Crippen LogP contribution is 2.41. The molecule has 1 aromatic rings. The fourth-order valence-corrected chi connectivity index (χ4v) is 3.04. The summed E-state index contributed by atoms with van der Waals surface area (Å²) in [5, 5.41) is 0. The lowest BCUT2D eigenvalue weighted by Gasteiger charge is -2.00. The van der Waals surface area contributed by atoms with E-state index in [0.29, 0.717) is 32.0 Å².